The van der Waals surface area contributed by atoms with Crippen molar-refractivity contribution >= 4 is 49.1 Å². The SMILES string of the molecule is CN(C(=O)CSc1nc2scc(-c3ccccc3)c2c(=O)[nH]1)C1CCS(=O)(=O)C1. The Kier molecular flexibility index (Phi) is 5.50. The molecule has 3 heterocycles. The first-order valence-electron chi connectivity index (χ1n) is 9.00. The van der Waals surface area contributed by atoms with Crippen LogP contribution < -0.4 is 5.56 Å². The lowest BCUT2D eigenvalue weighted by atomic mass is 10.1. The van der Waals surface area contributed by atoms with Crippen LogP contribution in [0.15, 0.2) is 45.7 Å². The Balaban J connectivity index is 1.49. The summed E-state index contributed by atoms with van der Waals surface area (Å²) >= 11 is 2.54. The largest absolute Gasteiger partial charge is 0.341 e. The number of nitrogens with zero attached hydrogens (tertiary/aromatic N) is 2. The number of amides is 1. The van der Waals surface area contributed by atoms with Crippen LogP contribution in [0, 0.1) is 0 Å². The highest BCUT2D eigenvalue weighted by molar-refractivity contribution is 7.99. The van der Waals surface area contributed by atoms with Crippen molar-refractivity contribution in [3.05, 3.63) is 46.1 Å². The van der Waals surface area contributed by atoms with Crippen molar-refractivity contribution in [3.63, 3.8) is 0 Å². The van der Waals surface area contributed by atoms with Crippen molar-refractivity contribution in [2.45, 2.75) is 17.6 Å². The first kappa shape index (κ1) is 20.1. The number of aromatic amines is 1. The second-order valence-electron chi connectivity index (χ2n) is 6.92. The summed E-state index contributed by atoms with van der Waals surface area (Å²) in [6.45, 7) is 0. The molecule has 1 aromatic carbocycles. The highest BCUT2D eigenvalue weighted by atomic mass is 32.2. The number of rotatable bonds is 5. The molecule has 0 spiro atoms. The van der Waals surface area contributed by atoms with Crippen LogP contribution in [0.2, 0.25) is 0 Å². The Morgan fingerprint density at radius 1 is 1.34 bits per heavy atom. The lowest BCUT2D eigenvalue weighted by Gasteiger charge is -2.23. The van der Waals surface area contributed by atoms with Crippen LogP contribution in [0.3, 0.4) is 0 Å². The molecule has 0 bridgehead atoms. The van der Waals surface area contributed by atoms with Gasteiger partial charge in [-0.05, 0) is 12.0 Å². The van der Waals surface area contributed by atoms with E-state index in [4.69, 9.17) is 0 Å². The maximum Gasteiger partial charge on any atom is 0.260 e. The van der Waals surface area contributed by atoms with Gasteiger partial charge < -0.3 is 9.88 Å². The van der Waals surface area contributed by atoms with E-state index in [9.17, 15) is 18.0 Å². The van der Waals surface area contributed by atoms with Gasteiger partial charge >= 0.3 is 0 Å². The van der Waals surface area contributed by atoms with Crippen molar-refractivity contribution in [3.8, 4) is 11.1 Å². The topological polar surface area (TPSA) is 100 Å². The van der Waals surface area contributed by atoms with Crippen LogP contribution in [0.5, 0.6) is 0 Å². The molecule has 1 aliphatic heterocycles. The molecule has 1 N–H and O–H groups in total. The number of carbonyl (C=O) groups is 1. The molecule has 0 saturated carbocycles. The van der Waals surface area contributed by atoms with Gasteiger partial charge in [-0.3, -0.25) is 9.59 Å². The van der Waals surface area contributed by atoms with Gasteiger partial charge in [-0.1, -0.05) is 42.1 Å². The number of nitrogens with one attached hydrogen (secondary N) is 1. The number of H-pyrrole nitrogens is 1. The number of thiophene rings is 1. The summed E-state index contributed by atoms with van der Waals surface area (Å²) in [6.07, 6.45) is 0.466. The summed E-state index contributed by atoms with van der Waals surface area (Å²) < 4.78 is 23.2. The maximum atomic E-state index is 12.6. The number of hydrogen-bond acceptors (Lipinski definition) is 7. The highest BCUT2D eigenvalue weighted by Gasteiger charge is 2.32. The summed E-state index contributed by atoms with van der Waals surface area (Å²) in [5.74, 6) is 0.0309. The van der Waals surface area contributed by atoms with E-state index in [1.807, 2.05) is 35.7 Å². The van der Waals surface area contributed by atoms with Crippen LogP contribution in [0.25, 0.3) is 21.3 Å². The number of fused-ring (bicyclic) bond motifs is 1. The Morgan fingerprint density at radius 2 is 2.10 bits per heavy atom. The molecule has 0 radical (unpaired) electrons. The van der Waals surface area contributed by atoms with Gasteiger partial charge in [0.15, 0.2) is 15.0 Å². The van der Waals surface area contributed by atoms with Crippen molar-refractivity contribution in [1.82, 2.24) is 14.9 Å². The van der Waals surface area contributed by atoms with E-state index < -0.39 is 9.84 Å². The quantitative estimate of drug-likeness (QED) is 0.474. The predicted octanol–water partition coefficient (Wildman–Crippen LogP) is 2.39. The molecule has 1 amide bonds. The fraction of sp³-hybridized carbons (Fsp3) is 0.316. The van der Waals surface area contributed by atoms with Crippen LogP contribution in [-0.2, 0) is 14.6 Å². The van der Waals surface area contributed by atoms with Crippen LogP contribution in [-0.4, -0.2) is 59.5 Å². The predicted molar refractivity (Wildman–Crippen MR) is 116 cm³/mol. The Bertz CT molecular complexity index is 1220. The molecule has 3 aromatic rings. The maximum absolute atomic E-state index is 12.6. The number of aromatic nitrogens is 2. The van der Waals surface area contributed by atoms with Crippen molar-refractivity contribution in [2.24, 2.45) is 0 Å². The van der Waals surface area contributed by atoms with E-state index in [-0.39, 0.29) is 34.8 Å². The number of benzene rings is 1. The van der Waals surface area contributed by atoms with Gasteiger partial charge in [-0.2, -0.15) is 0 Å². The second-order valence-corrected chi connectivity index (χ2v) is 11.0. The van der Waals surface area contributed by atoms with Gasteiger partial charge in [0, 0.05) is 24.0 Å². The molecular weight excluding hydrogens is 430 g/mol. The molecule has 10 heteroatoms. The zero-order chi connectivity index (χ0) is 20.6. The molecule has 0 aliphatic carbocycles. The molecule has 152 valence electrons. The molecule has 1 aliphatic rings. The normalized spacial score (nSPS) is 18.2. The van der Waals surface area contributed by atoms with E-state index in [2.05, 4.69) is 9.97 Å². The number of thioether (sulfide) groups is 1. The third kappa shape index (κ3) is 4.24. The second kappa shape index (κ2) is 7.92. The van der Waals surface area contributed by atoms with Gasteiger partial charge in [0.2, 0.25) is 5.91 Å². The molecular formula is C19H19N3O4S3. The van der Waals surface area contributed by atoms with E-state index in [0.717, 1.165) is 22.9 Å². The van der Waals surface area contributed by atoms with Gasteiger partial charge in [0.25, 0.3) is 5.56 Å². The Labute approximate surface area is 176 Å². The molecule has 4 rings (SSSR count). The summed E-state index contributed by atoms with van der Waals surface area (Å²) in [5.41, 5.74) is 1.56. The summed E-state index contributed by atoms with van der Waals surface area (Å²) in [5, 5.41) is 2.84. The summed E-state index contributed by atoms with van der Waals surface area (Å²) in [6, 6.07) is 9.37. The first-order chi connectivity index (χ1) is 13.8. The Hall–Kier alpha value is -2.17. The van der Waals surface area contributed by atoms with E-state index in [1.165, 1.54) is 16.2 Å². The molecule has 1 saturated heterocycles. The molecule has 1 atom stereocenters. The zero-order valence-electron chi connectivity index (χ0n) is 15.6. The lowest BCUT2D eigenvalue weighted by molar-refractivity contribution is -0.128. The Morgan fingerprint density at radius 3 is 2.79 bits per heavy atom. The molecule has 1 fully saturated rings. The fourth-order valence-corrected chi connectivity index (χ4v) is 6.91. The summed E-state index contributed by atoms with van der Waals surface area (Å²) in [7, 11) is -1.43. The third-order valence-electron chi connectivity index (χ3n) is 4.99. The van der Waals surface area contributed by atoms with Crippen LogP contribution in [0.4, 0.5) is 0 Å². The van der Waals surface area contributed by atoms with Gasteiger partial charge in [-0.15, -0.1) is 11.3 Å². The molecule has 29 heavy (non-hydrogen) atoms. The fourth-order valence-electron chi connectivity index (χ4n) is 3.34. The van der Waals surface area contributed by atoms with E-state index in [1.54, 1.807) is 7.05 Å². The van der Waals surface area contributed by atoms with Crippen LogP contribution >= 0.6 is 23.1 Å². The number of hydrogen-bond donors (Lipinski definition) is 1. The van der Waals surface area contributed by atoms with Gasteiger partial charge in [0.05, 0.1) is 22.6 Å². The molecule has 2 aromatic heterocycles. The number of carbonyl (C=O) groups excluding carboxylic acids is 1. The standard InChI is InChI=1S/C19H19N3O4S3/c1-22(13-7-8-29(25,26)11-13)15(23)10-28-19-20-17(24)16-14(9-27-18(16)21-19)12-5-3-2-4-6-12/h2-6,9,13H,7-8,10-11H2,1H3,(H,20,21,24). The minimum Gasteiger partial charge on any atom is -0.341 e. The van der Waals surface area contributed by atoms with Gasteiger partial charge in [-0.25, -0.2) is 13.4 Å². The van der Waals surface area contributed by atoms with Gasteiger partial charge in [0.1, 0.15) is 4.83 Å². The monoisotopic (exact) mass is 449 g/mol. The van der Waals surface area contributed by atoms with E-state index >= 15 is 0 Å². The van der Waals surface area contributed by atoms with Crippen molar-refractivity contribution in [2.75, 3.05) is 24.3 Å². The molecule has 7 nitrogen and oxygen atoms in total. The average molecular weight is 450 g/mol. The number of sulfone groups is 1. The third-order valence-corrected chi connectivity index (χ3v) is 8.47. The summed E-state index contributed by atoms with van der Waals surface area (Å²) in [4.78, 5) is 34.5. The first-order valence-corrected chi connectivity index (χ1v) is 12.7. The average Bonchev–Trinajstić information content (AvgIpc) is 3.29. The minimum atomic E-state index is -3.05. The lowest BCUT2D eigenvalue weighted by Crippen LogP contribution is -2.38. The zero-order valence-corrected chi connectivity index (χ0v) is 18.1. The van der Waals surface area contributed by atoms with Crippen molar-refractivity contribution in [1.29, 1.82) is 0 Å². The van der Waals surface area contributed by atoms with Crippen LogP contribution in [0.1, 0.15) is 6.42 Å². The minimum absolute atomic E-state index is 0.0123. The van der Waals surface area contributed by atoms with Crippen molar-refractivity contribution < 1.29 is 13.2 Å². The smallest absolute Gasteiger partial charge is 0.260 e. The molecule has 1 unspecified atom stereocenters. The van der Waals surface area contributed by atoms with E-state index in [0.29, 0.717) is 21.8 Å². The highest BCUT2D eigenvalue weighted by Crippen LogP contribution is 2.31.